The lowest BCUT2D eigenvalue weighted by Crippen LogP contribution is -2.42. The van der Waals surface area contributed by atoms with Crippen LogP contribution >= 0.6 is 0 Å². The van der Waals surface area contributed by atoms with E-state index in [-0.39, 0.29) is 18.0 Å². The van der Waals surface area contributed by atoms with E-state index in [0.29, 0.717) is 6.54 Å². The zero-order valence-corrected chi connectivity index (χ0v) is 11.9. The molecule has 1 amide bonds. The minimum atomic E-state index is -0.0817. The molecule has 0 aromatic carbocycles. The van der Waals surface area contributed by atoms with Crippen LogP contribution in [0.4, 0.5) is 0 Å². The molecule has 2 unspecified atom stereocenters. The van der Waals surface area contributed by atoms with Crippen molar-refractivity contribution >= 4 is 5.91 Å². The Labute approximate surface area is 114 Å². The average molecular weight is 265 g/mol. The van der Waals surface area contributed by atoms with Crippen LogP contribution in [0.5, 0.6) is 0 Å². The second-order valence-electron chi connectivity index (χ2n) is 5.39. The molecule has 2 heterocycles. The summed E-state index contributed by atoms with van der Waals surface area (Å²) >= 11 is 0. The molecule has 2 N–H and O–H groups in total. The van der Waals surface area contributed by atoms with Gasteiger partial charge in [0.1, 0.15) is 11.5 Å². The maximum Gasteiger partial charge on any atom is 0.236 e. The van der Waals surface area contributed by atoms with Crippen LogP contribution in [0.15, 0.2) is 16.5 Å². The van der Waals surface area contributed by atoms with E-state index in [0.717, 1.165) is 31.0 Å². The molecule has 19 heavy (non-hydrogen) atoms. The summed E-state index contributed by atoms with van der Waals surface area (Å²) in [5.41, 5.74) is 6.11. The lowest BCUT2D eigenvalue weighted by atomic mass is 10.1. The van der Waals surface area contributed by atoms with Gasteiger partial charge in [0.05, 0.1) is 12.6 Å². The van der Waals surface area contributed by atoms with Crippen LogP contribution in [0.25, 0.3) is 0 Å². The number of carbonyl (C=O) groups is 1. The summed E-state index contributed by atoms with van der Waals surface area (Å²) in [4.78, 5) is 15.9. The highest BCUT2D eigenvalue weighted by atomic mass is 16.3. The molecule has 0 bridgehead atoms. The molecule has 0 spiro atoms. The maximum atomic E-state index is 12.0. The number of hydrogen-bond donors (Lipinski definition) is 1. The van der Waals surface area contributed by atoms with Gasteiger partial charge in [0, 0.05) is 26.2 Å². The molecule has 5 nitrogen and oxygen atoms in total. The van der Waals surface area contributed by atoms with Gasteiger partial charge in [0.2, 0.25) is 5.91 Å². The molecule has 1 aromatic rings. The average Bonchev–Trinajstić information content (AvgIpc) is 2.67. The third-order valence-corrected chi connectivity index (χ3v) is 3.65. The van der Waals surface area contributed by atoms with Gasteiger partial charge in [-0.1, -0.05) is 0 Å². The summed E-state index contributed by atoms with van der Waals surface area (Å²) in [5, 5.41) is 0. The quantitative estimate of drug-likeness (QED) is 0.890. The molecular weight excluding hydrogens is 242 g/mol. The summed E-state index contributed by atoms with van der Waals surface area (Å²) in [6.07, 6.45) is 0.963. The van der Waals surface area contributed by atoms with Crippen LogP contribution in [-0.4, -0.2) is 48.4 Å². The van der Waals surface area contributed by atoms with Crippen molar-refractivity contribution in [2.75, 3.05) is 26.7 Å². The van der Waals surface area contributed by atoms with Gasteiger partial charge < -0.3 is 15.1 Å². The topological polar surface area (TPSA) is 62.7 Å². The fraction of sp³-hybridized carbons (Fsp3) is 0.643. The van der Waals surface area contributed by atoms with Gasteiger partial charge in [0.15, 0.2) is 0 Å². The Morgan fingerprint density at radius 2 is 2.11 bits per heavy atom. The summed E-state index contributed by atoms with van der Waals surface area (Å²) in [6.45, 7) is 5.95. The van der Waals surface area contributed by atoms with E-state index in [2.05, 4.69) is 4.90 Å². The summed E-state index contributed by atoms with van der Waals surface area (Å²) in [5.74, 6) is 1.87. The molecule has 0 saturated carbocycles. The first-order valence-electron chi connectivity index (χ1n) is 6.79. The van der Waals surface area contributed by atoms with Crippen LogP contribution in [0.3, 0.4) is 0 Å². The van der Waals surface area contributed by atoms with Crippen molar-refractivity contribution in [2.24, 2.45) is 5.73 Å². The molecule has 1 aliphatic heterocycles. The molecule has 1 aliphatic rings. The van der Waals surface area contributed by atoms with Crippen LogP contribution in [0.2, 0.25) is 0 Å². The van der Waals surface area contributed by atoms with Crippen molar-refractivity contribution in [1.82, 2.24) is 9.80 Å². The standard InChI is InChI=1S/C14H23N3O2/c1-10-5-6-12(19-10)14(11(2)15)17-8-4-7-16(3)13(18)9-17/h5-6,11,14H,4,7-9,15H2,1-3H3. The molecule has 0 radical (unpaired) electrons. The summed E-state index contributed by atoms with van der Waals surface area (Å²) in [6, 6.07) is 3.78. The van der Waals surface area contributed by atoms with Crippen LogP contribution < -0.4 is 5.73 Å². The number of amides is 1. The lowest BCUT2D eigenvalue weighted by Gasteiger charge is -2.31. The maximum absolute atomic E-state index is 12.0. The van der Waals surface area contributed by atoms with Gasteiger partial charge in [-0.3, -0.25) is 9.69 Å². The Bertz CT molecular complexity index is 442. The fourth-order valence-corrected chi connectivity index (χ4v) is 2.63. The fourth-order valence-electron chi connectivity index (χ4n) is 2.63. The smallest absolute Gasteiger partial charge is 0.236 e. The van der Waals surface area contributed by atoms with E-state index in [1.807, 2.05) is 33.0 Å². The van der Waals surface area contributed by atoms with Crippen LogP contribution in [0, 0.1) is 6.92 Å². The molecule has 5 heteroatoms. The first kappa shape index (κ1) is 14.1. The van der Waals surface area contributed by atoms with Gasteiger partial charge in [-0.15, -0.1) is 0 Å². The van der Waals surface area contributed by atoms with E-state index in [1.165, 1.54) is 0 Å². The van der Waals surface area contributed by atoms with Crippen molar-refractivity contribution in [2.45, 2.75) is 32.4 Å². The largest absolute Gasteiger partial charge is 0.465 e. The SMILES string of the molecule is Cc1ccc(C(C(C)N)N2CCCN(C)C(=O)C2)o1. The molecule has 0 aliphatic carbocycles. The molecule has 106 valence electrons. The summed E-state index contributed by atoms with van der Waals surface area (Å²) < 4.78 is 5.72. The number of rotatable bonds is 3. The monoisotopic (exact) mass is 265 g/mol. The Morgan fingerprint density at radius 3 is 2.68 bits per heavy atom. The van der Waals surface area contributed by atoms with E-state index in [4.69, 9.17) is 10.2 Å². The predicted octanol–water partition coefficient (Wildman–Crippen LogP) is 1.14. The second-order valence-corrected chi connectivity index (χ2v) is 5.39. The zero-order valence-electron chi connectivity index (χ0n) is 11.9. The minimum Gasteiger partial charge on any atom is -0.465 e. The van der Waals surface area contributed by atoms with Gasteiger partial charge in [0.25, 0.3) is 0 Å². The van der Waals surface area contributed by atoms with E-state index < -0.39 is 0 Å². The molecular formula is C14H23N3O2. The number of nitrogens with two attached hydrogens (primary N) is 1. The normalized spacial score (nSPS) is 21.3. The first-order chi connectivity index (χ1) is 8.99. The number of likely N-dealkylation sites (N-methyl/N-ethyl adjacent to an activating group) is 1. The summed E-state index contributed by atoms with van der Waals surface area (Å²) in [7, 11) is 1.85. The van der Waals surface area contributed by atoms with E-state index in [9.17, 15) is 4.79 Å². The van der Waals surface area contributed by atoms with Gasteiger partial charge in [-0.05, 0) is 32.4 Å². The minimum absolute atomic E-state index is 0.0378. The highest BCUT2D eigenvalue weighted by molar-refractivity contribution is 5.78. The van der Waals surface area contributed by atoms with Gasteiger partial charge >= 0.3 is 0 Å². The molecule has 1 aromatic heterocycles. The number of furan rings is 1. The zero-order chi connectivity index (χ0) is 14.0. The highest BCUT2D eigenvalue weighted by Gasteiger charge is 2.30. The van der Waals surface area contributed by atoms with Crippen molar-refractivity contribution in [3.8, 4) is 0 Å². The Hall–Kier alpha value is -1.33. The highest BCUT2D eigenvalue weighted by Crippen LogP contribution is 2.26. The number of aryl methyl sites for hydroxylation is 1. The van der Waals surface area contributed by atoms with E-state index in [1.54, 1.807) is 4.90 Å². The van der Waals surface area contributed by atoms with Crippen LogP contribution in [-0.2, 0) is 4.79 Å². The molecule has 2 atom stereocenters. The van der Waals surface area contributed by atoms with Crippen molar-refractivity contribution in [3.63, 3.8) is 0 Å². The molecule has 1 saturated heterocycles. The molecule has 2 rings (SSSR count). The lowest BCUT2D eigenvalue weighted by molar-refractivity contribution is -0.130. The number of hydrogen-bond acceptors (Lipinski definition) is 4. The predicted molar refractivity (Wildman–Crippen MR) is 73.7 cm³/mol. The van der Waals surface area contributed by atoms with Crippen molar-refractivity contribution in [3.05, 3.63) is 23.7 Å². The third-order valence-electron chi connectivity index (χ3n) is 3.65. The first-order valence-corrected chi connectivity index (χ1v) is 6.79. The Kier molecular flexibility index (Phi) is 4.27. The van der Waals surface area contributed by atoms with E-state index >= 15 is 0 Å². The van der Waals surface area contributed by atoms with Crippen molar-refractivity contribution < 1.29 is 9.21 Å². The number of carbonyl (C=O) groups excluding carboxylic acids is 1. The number of nitrogens with zero attached hydrogens (tertiary/aromatic N) is 2. The third kappa shape index (κ3) is 3.16. The molecule has 1 fully saturated rings. The van der Waals surface area contributed by atoms with Crippen LogP contribution in [0.1, 0.15) is 30.9 Å². The Balaban J connectivity index is 2.21. The van der Waals surface area contributed by atoms with Gasteiger partial charge in [-0.25, -0.2) is 0 Å². The second kappa shape index (κ2) is 5.75. The Morgan fingerprint density at radius 1 is 1.37 bits per heavy atom. The van der Waals surface area contributed by atoms with Crippen molar-refractivity contribution in [1.29, 1.82) is 0 Å². The van der Waals surface area contributed by atoms with Gasteiger partial charge in [-0.2, -0.15) is 0 Å².